The average molecular weight is 263 g/mol. The first-order chi connectivity index (χ1) is 5.72. The molecule has 74 valence electrons. The number of hydrogen-bond acceptors (Lipinski definition) is 3. The minimum atomic E-state index is -4.97. The summed E-state index contributed by atoms with van der Waals surface area (Å²) in [4.78, 5) is 17.9. The predicted octanol–water partition coefficient (Wildman–Crippen LogP) is 3.31. The van der Waals surface area contributed by atoms with Crippen LogP contribution in [0.4, 0.5) is 0 Å². The van der Waals surface area contributed by atoms with Gasteiger partial charge in [-0.05, 0) is 0 Å². The van der Waals surface area contributed by atoms with Crippen molar-refractivity contribution in [1.82, 2.24) is 0 Å². The van der Waals surface area contributed by atoms with E-state index >= 15 is 0 Å². The third kappa shape index (κ3) is 4.87. The molecule has 1 rings (SSSR count). The molecule has 7 heteroatoms. The molecule has 0 fully saturated rings. The monoisotopic (exact) mass is 262 g/mol. The van der Waals surface area contributed by atoms with Gasteiger partial charge in [0.2, 0.25) is 0 Å². The quantitative estimate of drug-likeness (QED) is 0.805. The van der Waals surface area contributed by atoms with E-state index in [1.165, 1.54) is 24.3 Å². The van der Waals surface area contributed by atoms with Gasteiger partial charge in [0.05, 0.1) is 0 Å². The van der Waals surface area contributed by atoms with Crippen LogP contribution in [0.25, 0.3) is 0 Å². The van der Waals surface area contributed by atoms with Crippen molar-refractivity contribution in [2.45, 2.75) is 0 Å². The molecule has 3 nitrogen and oxygen atoms in total. The normalized spacial score (nSPS) is 14.7. The van der Waals surface area contributed by atoms with Gasteiger partial charge in [0.15, 0.2) is 0 Å². The number of benzene rings is 1. The number of halogens is 3. The Kier molecular flexibility index (Phi) is 2.98. The van der Waals surface area contributed by atoms with Gasteiger partial charge in [-0.3, -0.25) is 0 Å². The number of hydrogen-bond donors (Lipinski definition) is 2. The van der Waals surface area contributed by atoms with Crippen LogP contribution < -0.4 is 4.52 Å². The summed E-state index contributed by atoms with van der Waals surface area (Å²) in [5, 5.41) is 0.493. The Hall–Kier alpha value is 0.240. The maximum absolute atomic E-state index is 8.97. The molecule has 13 heavy (non-hydrogen) atoms. The first-order valence-electron chi connectivity index (χ1n) is 3.14. The Morgan fingerprint density at radius 1 is 1.08 bits per heavy atom. The first kappa shape index (κ1) is 11.3. The van der Waals surface area contributed by atoms with E-state index in [4.69, 9.17) is 43.9 Å². The molecule has 0 aliphatic rings. The molecule has 0 bridgehead atoms. The van der Waals surface area contributed by atoms with Gasteiger partial charge in [-0.15, -0.1) is 0 Å². The van der Waals surface area contributed by atoms with Gasteiger partial charge < -0.3 is 0 Å². The summed E-state index contributed by atoms with van der Waals surface area (Å²) in [6, 6.07) is 5.85. The van der Waals surface area contributed by atoms with E-state index in [0.29, 0.717) is 5.02 Å². The van der Waals surface area contributed by atoms with Crippen molar-refractivity contribution in [3.63, 3.8) is 0 Å². The van der Waals surface area contributed by atoms with Crippen LogP contribution in [0.15, 0.2) is 24.3 Å². The molecular formula is C6H6Cl3O3P. The third-order valence-corrected chi connectivity index (χ3v) is 2.25. The maximum atomic E-state index is 8.97. The van der Waals surface area contributed by atoms with E-state index < -0.39 is 5.99 Å². The molecule has 1 aromatic rings. The van der Waals surface area contributed by atoms with Crippen LogP contribution in [0.5, 0.6) is 5.75 Å². The molecule has 2 N–H and O–H groups in total. The van der Waals surface area contributed by atoms with E-state index in [0.717, 1.165) is 0 Å². The third-order valence-electron chi connectivity index (χ3n) is 1.07. The molecule has 0 heterocycles. The van der Waals surface area contributed by atoms with Gasteiger partial charge in [-0.2, -0.15) is 0 Å². The van der Waals surface area contributed by atoms with E-state index in [1.807, 2.05) is 0 Å². The molecule has 0 spiro atoms. The number of rotatable bonds is 2. The SMILES string of the molecule is OP(O)(Cl)(Cl)Oc1ccc(Cl)cc1. The molecule has 0 aromatic heterocycles. The Morgan fingerprint density at radius 3 is 1.92 bits per heavy atom. The van der Waals surface area contributed by atoms with E-state index in [2.05, 4.69) is 4.52 Å². The van der Waals surface area contributed by atoms with Crippen LogP contribution in [0, 0.1) is 0 Å². The van der Waals surface area contributed by atoms with Crippen molar-refractivity contribution >= 4 is 40.1 Å². The van der Waals surface area contributed by atoms with Gasteiger partial charge >= 0.3 is 89.4 Å². The summed E-state index contributed by atoms with van der Waals surface area (Å²) in [6.45, 7) is 0. The zero-order valence-corrected chi connectivity index (χ0v) is 9.36. The van der Waals surface area contributed by atoms with Crippen molar-refractivity contribution in [3.8, 4) is 5.75 Å². The summed E-state index contributed by atoms with van der Waals surface area (Å²) >= 11 is 15.8. The minimum absolute atomic E-state index is 0.136. The Bertz CT molecular complexity index is 296. The first-order valence-corrected chi connectivity index (χ1v) is 7.38. The Labute approximate surface area is 89.6 Å². The topological polar surface area (TPSA) is 49.7 Å². The molecule has 0 saturated carbocycles. The summed E-state index contributed by atoms with van der Waals surface area (Å²) in [5.41, 5.74) is 0. The average Bonchev–Trinajstić information content (AvgIpc) is 1.89. The van der Waals surface area contributed by atoms with Gasteiger partial charge in [0, 0.05) is 0 Å². The fourth-order valence-electron chi connectivity index (χ4n) is 0.669. The Morgan fingerprint density at radius 2 is 1.54 bits per heavy atom. The molecule has 0 unspecified atom stereocenters. The summed E-state index contributed by atoms with van der Waals surface area (Å²) in [7, 11) is 0. The van der Waals surface area contributed by atoms with Crippen LogP contribution in [0.1, 0.15) is 0 Å². The standard InChI is InChI=1S/C6H6Cl3O3P/c7-5-1-3-6(4-2-5)12-13(8,9,10)11/h1-4,10-11H. The second kappa shape index (κ2) is 3.43. The molecule has 0 amide bonds. The van der Waals surface area contributed by atoms with Crippen molar-refractivity contribution in [2.75, 3.05) is 0 Å². The van der Waals surface area contributed by atoms with Crippen LogP contribution in [0.2, 0.25) is 5.02 Å². The molecule has 0 saturated heterocycles. The van der Waals surface area contributed by atoms with Crippen LogP contribution >= 0.6 is 40.1 Å². The summed E-state index contributed by atoms with van der Waals surface area (Å²) in [6.07, 6.45) is 0. The van der Waals surface area contributed by atoms with Crippen LogP contribution in [-0.2, 0) is 0 Å². The second-order valence-electron chi connectivity index (χ2n) is 2.30. The van der Waals surface area contributed by atoms with E-state index in [9.17, 15) is 0 Å². The van der Waals surface area contributed by atoms with Crippen molar-refractivity contribution in [2.24, 2.45) is 0 Å². The van der Waals surface area contributed by atoms with Gasteiger partial charge in [-0.25, -0.2) is 0 Å². The fourth-order valence-corrected chi connectivity index (χ4v) is 1.74. The molecule has 0 aliphatic heterocycles. The predicted molar refractivity (Wildman–Crippen MR) is 55.1 cm³/mol. The molecular weight excluding hydrogens is 257 g/mol. The molecule has 1 aromatic carbocycles. The van der Waals surface area contributed by atoms with Crippen molar-refractivity contribution < 1.29 is 14.3 Å². The summed E-state index contributed by atoms with van der Waals surface area (Å²) < 4.78 is 4.56. The van der Waals surface area contributed by atoms with Gasteiger partial charge in [0.1, 0.15) is 0 Å². The van der Waals surface area contributed by atoms with Crippen molar-refractivity contribution in [1.29, 1.82) is 0 Å². The summed E-state index contributed by atoms with van der Waals surface area (Å²) in [5.74, 6) is -4.83. The van der Waals surface area contributed by atoms with E-state index in [-0.39, 0.29) is 5.75 Å². The molecule has 0 atom stereocenters. The van der Waals surface area contributed by atoms with Crippen LogP contribution in [0.3, 0.4) is 0 Å². The molecule has 0 radical (unpaired) electrons. The second-order valence-corrected chi connectivity index (χ2v) is 8.61. The van der Waals surface area contributed by atoms with Crippen LogP contribution in [-0.4, -0.2) is 9.79 Å². The van der Waals surface area contributed by atoms with Crippen molar-refractivity contribution in [3.05, 3.63) is 29.3 Å². The van der Waals surface area contributed by atoms with E-state index in [1.54, 1.807) is 0 Å². The zero-order chi connectivity index (χ0) is 10.1. The zero-order valence-electron chi connectivity index (χ0n) is 6.19. The molecule has 0 aliphatic carbocycles. The van der Waals surface area contributed by atoms with Gasteiger partial charge in [0.25, 0.3) is 0 Å². The van der Waals surface area contributed by atoms with Gasteiger partial charge in [-0.1, -0.05) is 0 Å². The fraction of sp³-hybridized carbons (Fsp3) is 0. The Balaban J connectivity index is 2.82.